The Bertz CT molecular complexity index is 1400. The number of methoxy groups -OCH3 is 1. The third-order valence-electron chi connectivity index (χ3n) is 4.83. The minimum atomic E-state index is -0.557. The van der Waals surface area contributed by atoms with Gasteiger partial charge < -0.3 is 20.4 Å². The van der Waals surface area contributed by atoms with Gasteiger partial charge in [0, 0.05) is 25.3 Å². The van der Waals surface area contributed by atoms with Crippen molar-refractivity contribution in [3.05, 3.63) is 81.0 Å². The molecular weight excluding hydrogens is 430 g/mol. The van der Waals surface area contributed by atoms with Gasteiger partial charge in [0.05, 0.1) is 35.4 Å². The molecule has 0 saturated carbocycles. The van der Waals surface area contributed by atoms with Gasteiger partial charge in [-0.3, -0.25) is 19.7 Å². The van der Waals surface area contributed by atoms with Crippen molar-refractivity contribution < 1.29 is 14.5 Å². The van der Waals surface area contributed by atoms with E-state index in [1.165, 1.54) is 42.5 Å². The molecule has 168 valence electrons. The maximum Gasteiger partial charge on any atom is 0.293 e. The molecule has 12 heteroatoms. The van der Waals surface area contributed by atoms with Crippen LogP contribution < -0.4 is 16.2 Å². The van der Waals surface area contributed by atoms with Gasteiger partial charge in [-0.1, -0.05) is 12.1 Å². The molecule has 0 bridgehead atoms. The monoisotopic (exact) mass is 449 g/mol. The number of nitrogens with one attached hydrogen (secondary N) is 3. The second-order valence-corrected chi connectivity index (χ2v) is 6.91. The van der Waals surface area contributed by atoms with Crippen LogP contribution >= 0.6 is 0 Å². The first-order valence-corrected chi connectivity index (χ1v) is 9.83. The molecular formula is C21H19N7O5. The quantitative estimate of drug-likeness (QED) is 0.210. The van der Waals surface area contributed by atoms with Crippen LogP contribution in [0.1, 0.15) is 10.4 Å². The number of benzene rings is 2. The van der Waals surface area contributed by atoms with Crippen molar-refractivity contribution in [2.75, 3.05) is 30.9 Å². The van der Waals surface area contributed by atoms with Crippen molar-refractivity contribution in [2.45, 2.75) is 0 Å². The molecule has 0 saturated heterocycles. The first kappa shape index (κ1) is 21.6. The summed E-state index contributed by atoms with van der Waals surface area (Å²) in [7, 11) is 1.53. The number of nitrogens with zero attached hydrogens (tertiary/aromatic N) is 4. The Morgan fingerprint density at radius 3 is 2.85 bits per heavy atom. The molecule has 1 amide bonds. The van der Waals surface area contributed by atoms with Crippen molar-refractivity contribution in [1.82, 2.24) is 19.7 Å². The first-order chi connectivity index (χ1) is 16.0. The maximum atomic E-state index is 12.9. The van der Waals surface area contributed by atoms with Crippen molar-refractivity contribution in [3.8, 4) is 5.69 Å². The smallest absolute Gasteiger partial charge is 0.293 e. The van der Waals surface area contributed by atoms with E-state index in [2.05, 4.69) is 25.7 Å². The summed E-state index contributed by atoms with van der Waals surface area (Å²) in [6.07, 6.45) is 2.66. The molecule has 2 heterocycles. The average Bonchev–Trinajstić information content (AvgIpc) is 3.25. The van der Waals surface area contributed by atoms with E-state index in [0.717, 1.165) is 0 Å². The van der Waals surface area contributed by atoms with Crippen LogP contribution in [0.25, 0.3) is 16.7 Å². The lowest BCUT2D eigenvalue weighted by molar-refractivity contribution is -0.384. The van der Waals surface area contributed by atoms with Crippen molar-refractivity contribution in [3.63, 3.8) is 0 Å². The highest BCUT2D eigenvalue weighted by atomic mass is 16.6. The van der Waals surface area contributed by atoms with Crippen molar-refractivity contribution >= 4 is 34.0 Å². The summed E-state index contributed by atoms with van der Waals surface area (Å²) < 4.78 is 6.38. The molecule has 4 aromatic rings. The van der Waals surface area contributed by atoms with E-state index >= 15 is 0 Å². The van der Waals surface area contributed by atoms with E-state index < -0.39 is 10.8 Å². The van der Waals surface area contributed by atoms with Gasteiger partial charge in [0.2, 0.25) is 0 Å². The number of rotatable bonds is 8. The summed E-state index contributed by atoms with van der Waals surface area (Å²) >= 11 is 0. The summed E-state index contributed by atoms with van der Waals surface area (Å²) in [5, 5.41) is 21.7. The Labute approximate surface area is 186 Å². The van der Waals surface area contributed by atoms with Crippen LogP contribution in [0.2, 0.25) is 0 Å². The van der Waals surface area contributed by atoms with Gasteiger partial charge in [0.25, 0.3) is 17.2 Å². The van der Waals surface area contributed by atoms with Crippen LogP contribution in [-0.4, -0.2) is 50.8 Å². The number of ether oxygens (including phenoxy) is 1. The van der Waals surface area contributed by atoms with E-state index in [4.69, 9.17) is 4.74 Å². The number of nitro benzene ring substituents is 1. The molecule has 33 heavy (non-hydrogen) atoms. The van der Waals surface area contributed by atoms with Crippen LogP contribution in [0.4, 0.5) is 17.1 Å². The number of carbonyl (C=O) groups is 1. The Hall–Kier alpha value is -4.58. The van der Waals surface area contributed by atoms with E-state index in [1.807, 2.05) is 0 Å². The fourth-order valence-electron chi connectivity index (χ4n) is 3.25. The number of fused-ring (bicyclic) bond motifs is 1. The van der Waals surface area contributed by atoms with Crippen LogP contribution in [0, 0.1) is 10.1 Å². The van der Waals surface area contributed by atoms with Crippen LogP contribution in [0.15, 0.2) is 59.8 Å². The molecule has 2 aromatic carbocycles. The predicted octanol–water partition coefficient (Wildman–Crippen LogP) is 2.33. The molecule has 0 aliphatic heterocycles. The van der Waals surface area contributed by atoms with Gasteiger partial charge >= 0.3 is 0 Å². The van der Waals surface area contributed by atoms with E-state index in [9.17, 15) is 19.7 Å². The van der Waals surface area contributed by atoms with Gasteiger partial charge in [-0.15, -0.1) is 0 Å². The highest BCUT2D eigenvalue weighted by Crippen LogP contribution is 2.27. The average molecular weight is 449 g/mol. The zero-order chi connectivity index (χ0) is 23.4. The van der Waals surface area contributed by atoms with Crippen LogP contribution in [0.3, 0.4) is 0 Å². The number of H-pyrrole nitrogens is 1. The number of anilines is 2. The highest BCUT2D eigenvalue weighted by molar-refractivity contribution is 6.06. The molecule has 0 spiro atoms. The molecule has 0 radical (unpaired) electrons. The maximum absolute atomic E-state index is 12.9. The Kier molecular flexibility index (Phi) is 6.09. The summed E-state index contributed by atoms with van der Waals surface area (Å²) in [6.45, 7) is 0.754. The van der Waals surface area contributed by atoms with Gasteiger partial charge in [0.1, 0.15) is 11.1 Å². The zero-order valence-electron chi connectivity index (χ0n) is 17.4. The topological polar surface area (TPSA) is 157 Å². The third-order valence-corrected chi connectivity index (χ3v) is 4.83. The SMILES string of the molecule is COCCNc1ccc(C(=O)Nc2ccccc2-n2ncc3c(=O)[nH]cnc32)cc1[N+](=O)[O-]. The Morgan fingerprint density at radius 1 is 1.24 bits per heavy atom. The zero-order valence-corrected chi connectivity index (χ0v) is 17.4. The molecule has 0 unspecified atom stereocenters. The Morgan fingerprint density at radius 2 is 2.06 bits per heavy atom. The molecule has 0 atom stereocenters. The van der Waals surface area contributed by atoms with Gasteiger partial charge in [-0.25, -0.2) is 9.67 Å². The first-order valence-electron chi connectivity index (χ1n) is 9.83. The second kappa shape index (κ2) is 9.28. The fourth-order valence-corrected chi connectivity index (χ4v) is 3.25. The van der Waals surface area contributed by atoms with Gasteiger partial charge in [0.15, 0.2) is 5.65 Å². The van der Waals surface area contributed by atoms with E-state index in [0.29, 0.717) is 35.6 Å². The van der Waals surface area contributed by atoms with Crippen molar-refractivity contribution in [2.24, 2.45) is 0 Å². The molecule has 0 fully saturated rings. The Balaban J connectivity index is 1.65. The van der Waals surface area contributed by atoms with Crippen LogP contribution in [-0.2, 0) is 4.74 Å². The number of aromatic nitrogens is 4. The lowest BCUT2D eigenvalue weighted by atomic mass is 10.1. The number of carbonyl (C=O) groups excluding carboxylic acids is 1. The number of hydrogen-bond donors (Lipinski definition) is 3. The summed E-state index contributed by atoms with van der Waals surface area (Å²) in [4.78, 5) is 42.5. The van der Waals surface area contributed by atoms with Gasteiger partial charge in [-0.05, 0) is 24.3 Å². The lowest BCUT2D eigenvalue weighted by Crippen LogP contribution is -2.15. The van der Waals surface area contributed by atoms with Gasteiger partial charge in [-0.2, -0.15) is 5.10 Å². The number of aromatic amines is 1. The summed E-state index contributed by atoms with van der Waals surface area (Å²) in [5.74, 6) is -0.545. The second-order valence-electron chi connectivity index (χ2n) is 6.91. The largest absolute Gasteiger partial charge is 0.383 e. The molecule has 3 N–H and O–H groups in total. The molecule has 0 aliphatic carbocycles. The highest BCUT2D eigenvalue weighted by Gasteiger charge is 2.19. The van der Waals surface area contributed by atoms with Crippen molar-refractivity contribution in [1.29, 1.82) is 0 Å². The van der Waals surface area contributed by atoms with Crippen LogP contribution in [0.5, 0.6) is 0 Å². The molecule has 12 nitrogen and oxygen atoms in total. The number of nitro groups is 1. The molecule has 2 aromatic heterocycles. The number of para-hydroxylation sites is 2. The summed E-state index contributed by atoms with van der Waals surface area (Å²) in [5.41, 5.74) is 1.02. The normalized spacial score (nSPS) is 10.8. The molecule has 0 aliphatic rings. The van der Waals surface area contributed by atoms with E-state index in [-0.39, 0.29) is 22.5 Å². The lowest BCUT2D eigenvalue weighted by Gasteiger charge is -2.12. The number of amides is 1. The standard InChI is InChI=1S/C21H19N7O5/c1-33-9-8-22-15-7-6-13(10-18(15)28(31)32)20(29)26-16-4-2-3-5-17(16)27-19-14(11-25-27)21(30)24-12-23-19/h2-7,10-12,22H,8-9H2,1H3,(H,26,29)(H,23,24,30). The fraction of sp³-hybridized carbons (Fsp3) is 0.143. The third kappa shape index (κ3) is 4.41. The minimum Gasteiger partial charge on any atom is -0.383 e. The number of hydrogen-bond acceptors (Lipinski definition) is 8. The summed E-state index contributed by atoms with van der Waals surface area (Å²) in [6, 6.07) is 11.0. The predicted molar refractivity (Wildman–Crippen MR) is 121 cm³/mol. The minimum absolute atomic E-state index is 0.105. The molecule has 4 rings (SSSR count). The van der Waals surface area contributed by atoms with E-state index in [1.54, 1.807) is 24.3 Å².